The number of hydrogen-bond acceptors (Lipinski definition) is 4. The average molecular weight is 435 g/mol. The number of nitrogens with two attached hydrogens (primary N) is 1. The Labute approximate surface area is 162 Å². The van der Waals surface area contributed by atoms with Crippen molar-refractivity contribution in [3.05, 3.63) is 21.9 Å². The van der Waals surface area contributed by atoms with Gasteiger partial charge in [0.15, 0.2) is 5.65 Å². The quantitative estimate of drug-likeness (QED) is 0.757. The molecule has 0 bridgehead atoms. The van der Waals surface area contributed by atoms with Gasteiger partial charge in [0.2, 0.25) is 0 Å². The molecule has 8 heteroatoms. The monoisotopic (exact) mass is 433 g/mol. The lowest BCUT2D eigenvalue weighted by Gasteiger charge is -2.19. The van der Waals surface area contributed by atoms with E-state index in [1.807, 2.05) is 10.7 Å². The van der Waals surface area contributed by atoms with Crippen LogP contribution in [0, 0.1) is 0 Å². The van der Waals surface area contributed by atoms with Gasteiger partial charge in [0.25, 0.3) is 0 Å². The first-order valence-electron chi connectivity index (χ1n) is 8.25. The molecule has 0 amide bonds. The zero-order valence-corrected chi connectivity index (χ0v) is 16.5. The van der Waals surface area contributed by atoms with E-state index in [0.717, 1.165) is 41.6 Å². The summed E-state index contributed by atoms with van der Waals surface area (Å²) in [7, 11) is 0. The highest BCUT2D eigenvalue weighted by Crippen LogP contribution is 2.57. The Bertz CT molecular complexity index is 773. The van der Waals surface area contributed by atoms with Gasteiger partial charge in [-0.05, 0) is 60.9 Å². The molecule has 2 heterocycles. The van der Waals surface area contributed by atoms with E-state index in [0.29, 0.717) is 17.5 Å². The summed E-state index contributed by atoms with van der Waals surface area (Å²) < 4.78 is 2.96. The van der Waals surface area contributed by atoms with Crippen LogP contribution >= 0.6 is 40.7 Å². The van der Waals surface area contributed by atoms with Gasteiger partial charge in [-0.3, -0.25) is 0 Å². The Morgan fingerprint density at radius 2 is 2.04 bits per heavy atom. The number of nitrogens with zero attached hydrogens (tertiary/aromatic N) is 3. The molecule has 0 saturated heterocycles. The molecule has 2 fully saturated rings. The fraction of sp³-hybridized carbons (Fsp3) is 0.625. The molecular formula is C16H22BrCl2N5. The molecule has 2 atom stereocenters. The molecule has 0 radical (unpaired) electrons. The molecule has 3 aliphatic rings. The summed E-state index contributed by atoms with van der Waals surface area (Å²) in [5, 5.41) is 8.29. The summed E-state index contributed by atoms with van der Waals surface area (Å²) >= 11 is 3.60. The third-order valence-corrected chi connectivity index (χ3v) is 6.28. The number of aromatic nitrogens is 3. The molecule has 132 valence electrons. The van der Waals surface area contributed by atoms with Gasteiger partial charge in [-0.15, -0.1) is 24.8 Å². The molecule has 2 aromatic rings. The van der Waals surface area contributed by atoms with E-state index in [1.54, 1.807) is 0 Å². The van der Waals surface area contributed by atoms with E-state index in [1.165, 1.54) is 30.5 Å². The average Bonchev–Trinajstić information content (AvgIpc) is 2.81. The molecule has 2 aromatic heterocycles. The van der Waals surface area contributed by atoms with Gasteiger partial charge in [0.05, 0.1) is 16.4 Å². The lowest BCUT2D eigenvalue weighted by atomic mass is 10.0. The third kappa shape index (κ3) is 2.62. The predicted octanol–water partition coefficient (Wildman–Crippen LogP) is 3.60. The fourth-order valence-corrected chi connectivity index (χ4v) is 4.63. The number of anilines is 1. The summed E-state index contributed by atoms with van der Waals surface area (Å²) in [5.74, 6) is 1.16. The predicted molar refractivity (Wildman–Crippen MR) is 104 cm³/mol. The summed E-state index contributed by atoms with van der Waals surface area (Å²) in [5.41, 5.74) is 10.1. The van der Waals surface area contributed by atoms with Crippen molar-refractivity contribution in [3.8, 4) is 0 Å². The zero-order valence-electron chi connectivity index (χ0n) is 13.3. The van der Waals surface area contributed by atoms with Crippen LogP contribution in [-0.2, 0) is 11.8 Å². The molecule has 0 unspecified atom stereocenters. The van der Waals surface area contributed by atoms with Crippen LogP contribution in [0.5, 0.6) is 0 Å². The molecule has 24 heavy (non-hydrogen) atoms. The van der Waals surface area contributed by atoms with Gasteiger partial charge in [0, 0.05) is 23.1 Å². The van der Waals surface area contributed by atoms with Crippen LogP contribution in [0.3, 0.4) is 0 Å². The SMILES string of the molecule is Cl.Cl.N[C@H]1CC[C@H](Nc2c3c(nc4c(Br)cnn24)C2(CC3)CC2)C1. The second-order valence-electron chi connectivity index (χ2n) is 7.21. The second-order valence-corrected chi connectivity index (χ2v) is 8.06. The highest BCUT2D eigenvalue weighted by molar-refractivity contribution is 9.10. The van der Waals surface area contributed by atoms with Crippen molar-refractivity contribution in [2.45, 2.75) is 62.4 Å². The van der Waals surface area contributed by atoms with Crippen LogP contribution < -0.4 is 11.1 Å². The van der Waals surface area contributed by atoms with E-state index in [2.05, 4.69) is 26.3 Å². The smallest absolute Gasteiger partial charge is 0.171 e. The highest BCUT2D eigenvalue weighted by atomic mass is 79.9. The van der Waals surface area contributed by atoms with Gasteiger partial charge in [0.1, 0.15) is 5.82 Å². The van der Waals surface area contributed by atoms with Crippen molar-refractivity contribution >= 4 is 52.2 Å². The Morgan fingerprint density at radius 1 is 1.25 bits per heavy atom. The fourth-order valence-electron chi connectivity index (χ4n) is 4.28. The molecular weight excluding hydrogens is 413 g/mol. The minimum Gasteiger partial charge on any atom is -0.367 e. The lowest BCUT2D eigenvalue weighted by Crippen LogP contribution is -2.23. The Morgan fingerprint density at radius 3 is 2.71 bits per heavy atom. The molecule has 5 rings (SSSR count). The zero-order chi connectivity index (χ0) is 14.9. The summed E-state index contributed by atoms with van der Waals surface area (Å²) in [6, 6.07) is 0.797. The van der Waals surface area contributed by atoms with E-state index >= 15 is 0 Å². The molecule has 3 N–H and O–H groups in total. The van der Waals surface area contributed by atoms with Gasteiger partial charge >= 0.3 is 0 Å². The van der Waals surface area contributed by atoms with Crippen LogP contribution in [0.2, 0.25) is 0 Å². The molecule has 0 aromatic carbocycles. The number of hydrogen-bond donors (Lipinski definition) is 2. The maximum Gasteiger partial charge on any atom is 0.171 e. The minimum atomic E-state index is 0. The maximum absolute atomic E-state index is 6.08. The number of halogens is 3. The summed E-state index contributed by atoms with van der Waals surface area (Å²) in [6.07, 6.45) is 10.1. The number of rotatable bonds is 2. The van der Waals surface area contributed by atoms with Crippen LogP contribution in [-0.4, -0.2) is 26.7 Å². The third-order valence-electron chi connectivity index (χ3n) is 5.73. The first-order chi connectivity index (χ1) is 10.7. The van der Waals surface area contributed by atoms with Gasteiger partial charge in [-0.1, -0.05) is 0 Å². The molecule has 5 nitrogen and oxygen atoms in total. The summed E-state index contributed by atoms with van der Waals surface area (Å²) in [4.78, 5) is 4.97. The Balaban J connectivity index is 0.000000845. The van der Waals surface area contributed by atoms with E-state index in [-0.39, 0.29) is 24.8 Å². The largest absolute Gasteiger partial charge is 0.367 e. The number of fused-ring (bicyclic) bond motifs is 3. The molecule has 3 aliphatic carbocycles. The Kier molecular flexibility index (Phi) is 4.79. The highest BCUT2D eigenvalue weighted by Gasteiger charge is 2.51. The van der Waals surface area contributed by atoms with Crippen LogP contribution in [0.4, 0.5) is 5.82 Å². The normalized spacial score (nSPS) is 26.1. The lowest BCUT2D eigenvalue weighted by molar-refractivity contribution is 0.665. The van der Waals surface area contributed by atoms with Crippen molar-refractivity contribution < 1.29 is 0 Å². The van der Waals surface area contributed by atoms with E-state index in [4.69, 9.17) is 10.7 Å². The summed E-state index contributed by atoms with van der Waals surface area (Å²) in [6.45, 7) is 0. The first-order valence-corrected chi connectivity index (χ1v) is 9.04. The number of nitrogens with one attached hydrogen (secondary N) is 1. The van der Waals surface area contributed by atoms with Crippen LogP contribution in [0.1, 0.15) is 49.8 Å². The van der Waals surface area contributed by atoms with Crippen LogP contribution in [0.25, 0.3) is 5.65 Å². The van der Waals surface area contributed by atoms with Crippen molar-refractivity contribution in [1.82, 2.24) is 14.6 Å². The maximum atomic E-state index is 6.08. The Hall–Kier alpha value is -0.560. The van der Waals surface area contributed by atoms with Crippen molar-refractivity contribution in [2.24, 2.45) is 5.73 Å². The van der Waals surface area contributed by atoms with Crippen molar-refractivity contribution in [3.63, 3.8) is 0 Å². The van der Waals surface area contributed by atoms with Crippen molar-refractivity contribution in [1.29, 1.82) is 0 Å². The topological polar surface area (TPSA) is 68.2 Å². The van der Waals surface area contributed by atoms with Crippen molar-refractivity contribution in [2.75, 3.05) is 5.32 Å². The van der Waals surface area contributed by atoms with Gasteiger partial charge < -0.3 is 11.1 Å². The van der Waals surface area contributed by atoms with E-state index < -0.39 is 0 Å². The van der Waals surface area contributed by atoms with Gasteiger partial charge in [-0.2, -0.15) is 9.61 Å². The standard InChI is InChI=1S/C16H20BrN5.2ClH/c17-12-8-19-22-14(20-10-2-1-9(18)7-10)11-3-4-16(5-6-16)13(11)21-15(12)22;;/h8-10,20H,1-7,18H2;2*1H/t9-,10-;;/m0../s1. The van der Waals surface area contributed by atoms with Crippen LogP contribution in [0.15, 0.2) is 10.7 Å². The first kappa shape index (κ1) is 18.2. The molecule has 0 aliphatic heterocycles. The molecule has 2 saturated carbocycles. The minimum absolute atomic E-state index is 0. The molecule has 1 spiro atoms. The second kappa shape index (κ2) is 6.31. The van der Waals surface area contributed by atoms with Gasteiger partial charge in [-0.25, -0.2) is 4.98 Å². The van der Waals surface area contributed by atoms with E-state index in [9.17, 15) is 0 Å².